The standard InChI is InChI=1S/C22H25FN6O/c1-3-15-4-5-17(30-2)12-16(15)13-18-26-19-20(24)27-22(23)28-21(19)29(18)11-8-14-6-9-25-10-7-14/h1,4-5,12,14,25H,6-11,13H2,2H3,(H2,24,27,28). The number of benzene rings is 1. The lowest BCUT2D eigenvalue weighted by Crippen LogP contribution is -2.28. The monoisotopic (exact) mass is 408 g/mol. The van der Waals surface area contributed by atoms with Gasteiger partial charge >= 0.3 is 6.08 Å². The highest BCUT2D eigenvalue weighted by molar-refractivity contribution is 5.82. The summed E-state index contributed by atoms with van der Waals surface area (Å²) in [5.41, 5.74) is 8.46. The highest BCUT2D eigenvalue weighted by atomic mass is 19.1. The van der Waals surface area contributed by atoms with Crippen LogP contribution in [0.4, 0.5) is 10.2 Å². The number of fused-ring (bicyclic) bond motifs is 1. The van der Waals surface area contributed by atoms with E-state index in [4.69, 9.17) is 16.9 Å². The first-order valence-corrected chi connectivity index (χ1v) is 10.1. The molecule has 156 valence electrons. The molecule has 3 aromatic rings. The summed E-state index contributed by atoms with van der Waals surface area (Å²) in [7, 11) is 1.61. The van der Waals surface area contributed by atoms with Crippen molar-refractivity contribution in [3.05, 3.63) is 41.2 Å². The summed E-state index contributed by atoms with van der Waals surface area (Å²) in [6.07, 6.45) is 8.53. The van der Waals surface area contributed by atoms with Crippen LogP contribution in [0.1, 0.15) is 36.2 Å². The maximum absolute atomic E-state index is 13.9. The molecule has 0 bridgehead atoms. The minimum Gasteiger partial charge on any atom is -0.497 e. The van der Waals surface area contributed by atoms with E-state index in [1.165, 1.54) is 0 Å². The molecule has 0 aliphatic carbocycles. The van der Waals surface area contributed by atoms with Crippen LogP contribution in [0.3, 0.4) is 0 Å². The minimum absolute atomic E-state index is 0.0437. The van der Waals surface area contributed by atoms with Gasteiger partial charge in [0.15, 0.2) is 17.0 Å². The average molecular weight is 408 g/mol. The molecule has 30 heavy (non-hydrogen) atoms. The molecule has 1 aliphatic heterocycles. The number of piperidine rings is 1. The summed E-state index contributed by atoms with van der Waals surface area (Å²) in [5.74, 6) is 4.81. The summed E-state index contributed by atoms with van der Waals surface area (Å²) in [5, 5.41) is 3.38. The number of hydrogen-bond acceptors (Lipinski definition) is 6. The number of rotatable bonds is 6. The van der Waals surface area contributed by atoms with Crippen molar-refractivity contribution in [2.75, 3.05) is 25.9 Å². The molecule has 1 saturated heterocycles. The second kappa shape index (κ2) is 8.67. The van der Waals surface area contributed by atoms with Crippen LogP contribution in [-0.2, 0) is 13.0 Å². The van der Waals surface area contributed by atoms with E-state index in [2.05, 4.69) is 26.2 Å². The van der Waals surface area contributed by atoms with Gasteiger partial charge in [0.1, 0.15) is 11.6 Å². The summed E-state index contributed by atoms with van der Waals surface area (Å²) in [6.45, 7) is 2.74. The molecule has 3 heterocycles. The second-order valence-electron chi connectivity index (χ2n) is 7.56. The number of anilines is 1. The van der Waals surface area contributed by atoms with Crippen molar-refractivity contribution in [2.45, 2.75) is 32.2 Å². The molecule has 0 atom stereocenters. The molecular formula is C22H25FN6O. The number of hydrogen-bond donors (Lipinski definition) is 2. The Bertz CT molecular complexity index is 1100. The number of methoxy groups -OCH3 is 1. The molecule has 0 unspecified atom stereocenters. The number of terminal acetylenes is 1. The first-order valence-electron chi connectivity index (χ1n) is 10.1. The first kappa shape index (κ1) is 20.1. The quantitative estimate of drug-likeness (QED) is 0.481. The van der Waals surface area contributed by atoms with Crippen molar-refractivity contribution < 1.29 is 9.13 Å². The average Bonchev–Trinajstić information content (AvgIpc) is 3.10. The number of nitrogens with zero attached hydrogens (tertiary/aromatic N) is 4. The number of aromatic nitrogens is 4. The molecule has 0 spiro atoms. The smallest absolute Gasteiger partial charge is 0.312 e. The summed E-state index contributed by atoms with van der Waals surface area (Å²) in [4.78, 5) is 12.3. The van der Waals surface area contributed by atoms with Gasteiger partial charge in [-0.2, -0.15) is 14.4 Å². The number of halogens is 1. The van der Waals surface area contributed by atoms with Crippen LogP contribution < -0.4 is 15.8 Å². The summed E-state index contributed by atoms with van der Waals surface area (Å²) >= 11 is 0. The third kappa shape index (κ3) is 4.07. The van der Waals surface area contributed by atoms with E-state index in [1.807, 2.05) is 22.8 Å². The van der Waals surface area contributed by atoms with Gasteiger partial charge in [0.05, 0.1) is 7.11 Å². The number of nitrogens with one attached hydrogen (secondary N) is 1. The van der Waals surface area contributed by atoms with Crippen LogP contribution in [0.5, 0.6) is 5.75 Å². The van der Waals surface area contributed by atoms with E-state index in [0.717, 1.165) is 49.3 Å². The van der Waals surface area contributed by atoms with E-state index in [1.54, 1.807) is 7.11 Å². The Morgan fingerprint density at radius 1 is 1.30 bits per heavy atom. The predicted molar refractivity (Wildman–Crippen MR) is 114 cm³/mol. The Morgan fingerprint density at radius 2 is 2.10 bits per heavy atom. The Balaban J connectivity index is 1.73. The first-order chi connectivity index (χ1) is 14.6. The molecule has 0 amide bonds. The van der Waals surface area contributed by atoms with E-state index in [9.17, 15) is 4.39 Å². The van der Waals surface area contributed by atoms with Crippen LogP contribution >= 0.6 is 0 Å². The summed E-state index contributed by atoms with van der Waals surface area (Å²) < 4.78 is 21.2. The van der Waals surface area contributed by atoms with Crippen LogP contribution in [0.15, 0.2) is 18.2 Å². The Labute approximate surface area is 174 Å². The van der Waals surface area contributed by atoms with E-state index >= 15 is 0 Å². The topological polar surface area (TPSA) is 90.9 Å². The van der Waals surface area contributed by atoms with Crippen molar-refractivity contribution >= 4 is 17.0 Å². The van der Waals surface area contributed by atoms with Crippen LogP contribution in [-0.4, -0.2) is 39.7 Å². The normalized spacial score (nSPS) is 14.7. The molecule has 0 saturated carbocycles. The maximum atomic E-state index is 13.9. The predicted octanol–water partition coefficient (Wildman–Crippen LogP) is 2.52. The zero-order chi connectivity index (χ0) is 21.1. The van der Waals surface area contributed by atoms with Crippen LogP contribution in [0, 0.1) is 24.3 Å². The van der Waals surface area contributed by atoms with E-state index < -0.39 is 6.08 Å². The maximum Gasteiger partial charge on any atom is 0.312 e. The van der Waals surface area contributed by atoms with Gasteiger partial charge in [0.25, 0.3) is 0 Å². The van der Waals surface area contributed by atoms with Gasteiger partial charge in [-0.25, -0.2) is 4.98 Å². The summed E-state index contributed by atoms with van der Waals surface area (Å²) in [6, 6.07) is 5.59. The van der Waals surface area contributed by atoms with Crippen molar-refractivity contribution in [1.82, 2.24) is 24.8 Å². The minimum atomic E-state index is -0.847. The number of nitrogen functional groups attached to an aromatic ring is 1. The SMILES string of the molecule is C#Cc1ccc(OC)cc1Cc1nc2c(N)nc(F)nc2n1CCC1CCNCC1. The van der Waals surface area contributed by atoms with E-state index in [-0.39, 0.29) is 5.82 Å². The van der Waals surface area contributed by atoms with Gasteiger partial charge < -0.3 is 20.4 Å². The molecule has 1 aliphatic rings. The molecule has 8 heteroatoms. The number of imidazole rings is 1. The zero-order valence-electron chi connectivity index (χ0n) is 17.0. The number of aryl methyl sites for hydroxylation is 1. The molecule has 1 aromatic carbocycles. The molecule has 7 nitrogen and oxygen atoms in total. The van der Waals surface area contributed by atoms with Gasteiger partial charge in [0.2, 0.25) is 0 Å². The highest BCUT2D eigenvalue weighted by Crippen LogP contribution is 2.26. The second-order valence-corrected chi connectivity index (χ2v) is 7.56. The molecule has 2 aromatic heterocycles. The Kier molecular flexibility index (Phi) is 5.81. The third-order valence-electron chi connectivity index (χ3n) is 5.71. The molecular weight excluding hydrogens is 383 g/mol. The molecule has 0 radical (unpaired) electrons. The lowest BCUT2D eigenvalue weighted by molar-refractivity contribution is 0.337. The van der Waals surface area contributed by atoms with Crippen molar-refractivity contribution in [1.29, 1.82) is 0 Å². The lowest BCUT2D eigenvalue weighted by atomic mass is 9.94. The largest absolute Gasteiger partial charge is 0.497 e. The lowest BCUT2D eigenvalue weighted by Gasteiger charge is -2.23. The van der Waals surface area contributed by atoms with Gasteiger partial charge in [-0.15, -0.1) is 6.42 Å². The Hall–Kier alpha value is -3.18. The fraction of sp³-hybridized carbons (Fsp3) is 0.409. The molecule has 1 fully saturated rings. The fourth-order valence-electron chi connectivity index (χ4n) is 4.05. The van der Waals surface area contributed by atoms with Crippen molar-refractivity contribution in [3.63, 3.8) is 0 Å². The fourth-order valence-corrected chi connectivity index (χ4v) is 4.05. The molecule has 4 rings (SSSR count). The van der Waals surface area contributed by atoms with Gasteiger partial charge in [-0.3, -0.25) is 0 Å². The van der Waals surface area contributed by atoms with Gasteiger partial charge in [0, 0.05) is 18.5 Å². The highest BCUT2D eigenvalue weighted by Gasteiger charge is 2.20. The van der Waals surface area contributed by atoms with E-state index in [0.29, 0.717) is 35.8 Å². The van der Waals surface area contributed by atoms with Crippen LogP contribution in [0.25, 0.3) is 11.2 Å². The van der Waals surface area contributed by atoms with Crippen molar-refractivity contribution in [2.24, 2.45) is 5.92 Å². The van der Waals surface area contributed by atoms with Crippen molar-refractivity contribution in [3.8, 4) is 18.1 Å². The Morgan fingerprint density at radius 3 is 2.83 bits per heavy atom. The van der Waals surface area contributed by atoms with Gasteiger partial charge in [-0.05, 0) is 62.0 Å². The molecule has 3 N–H and O–H groups in total. The zero-order valence-corrected chi connectivity index (χ0v) is 17.0. The third-order valence-corrected chi connectivity index (χ3v) is 5.71. The van der Waals surface area contributed by atoms with Crippen LogP contribution in [0.2, 0.25) is 0 Å². The van der Waals surface area contributed by atoms with Gasteiger partial charge in [-0.1, -0.05) is 5.92 Å². The number of nitrogens with two attached hydrogens (primary N) is 1. The number of ether oxygens (including phenoxy) is 1.